The quantitative estimate of drug-likeness (QED) is 0.550. The molecule has 2 rings (SSSR count). The van der Waals surface area contributed by atoms with Crippen LogP contribution in [0, 0.1) is 0 Å². The minimum Gasteiger partial charge on any atom is -0.412 e. The zero-order valence-corrected chi connectivity index (χ0v) is 8.24. The van der Waals surface area contributed by atoms with Gasteiger partial charge >= 0.3 is 0 Å². The summed E-state index contributed by atoms with van der Waals surface area (Å²) in [6.07, 6.45) is 3.97. The van der Waals surface area contributed by atoms with Gasteiger partial charge in [-0.05, 0) is 36.0 Å². The lowest BCUT2D eigenvalue weighted by Gasteiger charge is -2.21. The van der Waals surface area contributed by atoms with Gasteiger partial charge < -0.3 is 5.48 Å². The third kappa shape index (κ3) is 1.68. The van der Waals surface area contributed by atoms with Crippen LogP contribution in [0.15, 0.2) is 24.3 Å². The standard InChI is InChI=1S/C10H13P.H2O/c11-10-7-3-5-8-4-1-2-6-9(8)10;/h1-2,4,6,10H,3,5,7,11H2;1H2. The van der Waals surface area contributed by atoms with Crippen molar-refractivity contribution in [2.24, 2.45) is 0 Å². The van der Waals surface area contributed by atoms with Crippen molar-refractivity contribution < 1.29 is 5.48 Å². The number of hydrogen-bond donors (Lipinski definition) is 0. The maximum atomic E-state index is 2.93. The molecule has 1 aromatic rings. The Bertz CT molecular complexity index is 260. The molecule has 2 heteroatoms. The van der Waals surface area contributed by atoms with Crippen molar-refractivity contribution in [1.29, 1.82) is 0 Å². The van der Waals surface area contributed by atoms with Gasteiger partial charge in [0.1, 0.15) is 0 Å². The van der Waals surface area contributed by atoms with Crippen molar-refractivity contribution >= 4 is 9.24 Å². The molecule has 0 aromatic heterocycles. The molecule has 0 amide bonds. The van der Waals surface area contributed by atoms with E-state index < -0.39 is 0 Å². The Balaban J connectivity index is 0.000000720. The summed E-state index contributed by atoms with van der Waals surface area (Å²) in [5.74, 6) is 0. The van der Waals surface area contributed by atoms with Crippen LogP contribution < -0.4 is 0 Å². The summed E-state index contributed by atoms with van der Waals surface area (Å²) < 4.78 is 0. The summed E-state index contributed by atoms with van der Waals surface area (Å²) in [7, 11) is 2.93. The molecular weight excluding hydrogens is 167 g/mol. The molecule has 0 saturated heterocycles. The first-order chi connectivity index (χ1) is 5.38. The second kappa shape index (κ2) is 4.02. The number of hydrogen-bond acceptors (Lipinski definition) is 0. The van der Waals surface area contributed by atoms with E-state index in [1.807, 2.05) is 0 Å². The molecule has 0 heterocycles. The predicted octanol–water partition coefficient (Wildman–Crippen LogP) is 2.11. The number of rotatable bonds is 0. The SMILES string of the molecule is O.PC1CCCc2ccccc21. The zero-order valence-electron chi connectivity index (χ0n) is 7.09. The fourth-order valence-corrected chi connectivity index (χ4v) is 2.35. The van der Waals surface area contributed by atoms with Crippen molar-refractivity contribution in [1.82, 2.24) is 0 Å². The van der Waals surface area contributed by atoms with Crippen LogP contribution in [-0.2, 0) is 6.42 Å². The first kappa shape index (κ1) is 9.70. The molecular formula is C10H15OP. The maximum absolute atomic E-state index is 2.93. The minimum absolute atomic E-state index is 0. The molecule has 1 aliphatic carbocycles. The van der Waals surface area contributed by atoms with Gasteiger partial charge in [-0.2, -0.15) is 0 Å². The Labute approximate surface area is 75.7 Å². The molecule has 66 valence electrons. The fourth-order valence-electron chi connectivity index (χ4n) is 1.79. The summed E-state index contributed by atoms with van der Waals surface area (Å²) in [6, 6.07) is 8.79. The van der Waals surface area contributed by atoms with E-state index in [-0.39, 0.29) is 5.48 Å². The lowest BCUT2D eigenvalue weighted by atomic mass is 9.91. The first-order valence-electron chi connectivity index (χ1n) is 4.21. The molecule has 2 N–H and O–H groups in total. The topological polar surface area (TPSA) is 31.5 Å². The predicted molar refractivity (Wildman–Crippen MR) is 55.4 cm³/mol. The van der Waals surface area contributed by atoms with Gasteiger partial charge in [0.25, 0.3) is 0 Å². The van der Waals surface area contributed by atoms with Crippen molar-refractivity contribution in [2.45, 2.75) is 24.9 Å². The van der Waals surface area contributed by atoms with Crippen LogP contribution in [0.25, 0.3) is 0 Å². The molecule has 1 nitrogen and oxygen atoms in total. The molecule has 1 aliphatic rings. The second-order valence-electron chi connectivity index (χ2n) is 3.20. The van der Waals surface area contributed by atoms with Gasteiger partial charge in [0, 0.05) is 0 Å². The largest absolute Gasteiger partial charge is 0.412 e. The molecule has 12 heavy (non-hydrogen) atoms. The number of benzene rings is 1. The third-order valence-electron chi connectivity index (χ3n) is 2.42. The van der Waals surface area contributed by atoms with Crippen LogP contribution in [0.1, 0.15) is 29.6 Å². The fraction of sp³-hybridized carbons (Fsp3) is 0.400. The number of aryl methyl sites for hydroxylation is 1. The van der Waals surface area contributed by atoms with Crippen LogP contribution in [0.4, 0.5) is 0 Å². The highest BCUT2D eigenvalue weighted by atomic mass is 31.0. The zero-order chi connectivity index (χ0) is 7.68. The Morgan fingerprint density at radius 3 is 2.75 bits per heavy atom. The second-order valence-corrected chi connectivity index (χ2v) is 4.00. The van der Waals surface area contributed by atoms with E-state index in [9.17, 15) is 0 Å². The normalized spacial score (nSPS) is 20.9. The van der Waals surface area contributed by atoms with Gasteiger partial charge in [0.2, 0.25) is 0 Å². The molecule has 1 aromatic carbocycles. The molecule has 2 unspecified atom stereocenters. The summed E-state index contributed by atoms with van der Waals surface area (Å²) in [5, 5.41) is 0. The van der Waals surface area contributed by atoms with Gasteiger partial charge in [-0.1, -0.05) is 24.3 Å². The smallest absolute Gasteiger partial charge is 0.00117 e. The van der Waals surface area contributed by atoms with E-state index in [0.717, 1.165) is 0 Å². The first-order valence-corrected chi connectivity index (χ1v) is 4.88. The highest BCUT2D eigenvalue weighted by Crippen LogP contribution is 2.35. The van der Waals surface area contributed by atoms with Gasteiger partial charge in [-0.15, -0.1) is 9.24 Å². The van der Waals surface area contributed by atoms with Crippen molar-refractivity contribution in [2.75, 3.05) is 0 Å². The van der Waals surface area contributed by atoms with E-state index in [1.165, 1.54) is 19.3 Å². The van der Waals surface area contributed by atoms with E-state index >= 15 is 0 Å². The van der Waals surface area contributed by atoms with E-state index in [0.29, 0.717) is 5.66 Å². The lowest BCUT2D eigenvalue weighted by molar-refractivity contribution is 0.674. The Morgan fingerprint density at radius 1 is 1.25 bits per heavy atom. The molecule has 0 spiro atoms. The molecule has 2 atom stereocenters. The summed E-state index contributed by atoms with van der Waals surface area (Å²) in [4.78, 5) is 0. The third-order valence-corrected chi connectivity index (χ3v) is 3.11. The Kier molecular flexibility index (Phi) is 3.25. The van der Waals surface area contributed by atoms with Crippen LogP contribution in [0.3, 0.4) is 0 Å². The van der Waals surface area contributed by atoms with Crippen LogP contribution in [0.2, 0.25) is 0 Å². The monoisotopic (exact) mass is 182 g/mol. The maximum Gasteiger partial charge on any atom is -0.00117 e. The molecule has 0 bridgehead atoms. The molecule has 0 radical (unpaired) electrons. The Morgan fingerprint density at radius 2 is 2.00 bits per heavy atom. The lowest BCUT2D eigenvalue weighted by Crippen LogP contribution is -2.03. The van der Waals surface area contributed by atoms with Crippen LogP contribution >= 0.6 is 9.24 Å². The summed E-state index contributed by atoms with van der Waals surface area (Å²) in [6.45, 7) is 0. The van der Waals surface area contributed by atoms with E-state index in [1.54, 1.807) is 11.1 Å². The van der Waals surface area contributed by atoms with Crippen molar-refractivity contribution in [3.8, 4) is 0 Å². The van der Waals surface area contributed by atoms with Crippen LogP contribution in [-0.4, -0.2) is 5.48 Å². The van der Waals surface area contributed by atoms with Gasteiger partial charge in [-0.3, -0.25) is 0 Å². The molecule has 0 saturated carbocycles. The van der Waals surface area contributed by atoms with E-state index in [4.69, 9.17) is 0 Å². The summed E-state index contributed by atoms with van der Waals surface area (Å²) in [5.41, 5.74) is 3.81. The molecule has 0 aliphatic heterocycles. The summed E-state index contributed by atoms with van der Waals surface area (Å²) >= 11 is 0. The van der Waals surface area contributed by atoms with Crippen LogP contribution in [0.5, 0.6) is 0 Å². The minimum atomic E-state index is 0. The van der Waals surface area contributed by atoms with Gasteiger partial charge in [0.15, 0.2) is 0 Å². The van der Waals surface area contributed by atoms with Crippen molar-refractivity contribution in [3.05, 3.63) is 35.4 Å². The highest BCUT2D eigenvalue weighted by molar-refractivity contribution is 7.17. The average molecular weight is 182 g/mol. The van der Waals surface area contributed by atoms with Crippen molar-refractivity contribution in [3.63, 3.8) is 0 Å². The van der Waals surface area contributed by atoms with Gasteiger partial charge in [-0.25, -0.2) is 0 Å². The number of fused-ring (bicyclic) bond motifs is 1. The average Bonchev–Trinajstić information content (AvgIpc) is 2.06. The molecule has 0 fully saturated rings. The van der Waals surface area contributed by atoms with Gasteiger partial charge in [0.05, 0.1) is 0 Å². The van der Waals surface area contributed by atoms with E-state index in [2.05, 4.69) is 33.5 Å². The highest BCUT2D eigenvalue weighted by Gasteiger charge is 2.14. The Hall–Kier alpha value is -0.390.